The molecule has 2 aromatic rings. The van der Waals surface area contributed by atoms with Crippen molar-refractivity contribution < 1.29 is 96.3 Å². The molecule has 0 radical (unpaired) electrons. The maximum atomic E-state index is 12.5. The summed E-state index contributed by atoms with van der Waals surface area (Å²) in [6, 6.07) is 7.11. The van der Waals surface area contributed by atoms with Crippen LogP contribution < -0.4 is 64.4 Å². The molecule has 0 unspecified atom stereocenters. The van der Waals surface area contributed by atoms with Crippen molar-refractivity contribution in [1.82, 2.24) is 0 Å². The van der Waals surface area contributed by atoms with Crippen LogP contribution in [0.5, 0.6) is 0 Å². The Balaban J connectivity index is 0.00000169. The summed E-state index contributed by atoms with van der Waals surface area (Å²) in [7, 11) is -4.75. The monoisotopic (exact) mass is 412 g/mol. The minimum atomic E-state index is -4.75. The van der Waals surface area contributed by atoms with Gasteiger partial charge in [-0.15, -0.1) is 0 Å². The van der Waals surface area contributed by atoms with Crippen molar-refractivity contribution in [3.8, 4) is 0 Å². The molecule has 0 spiro atoms. The Morgan fingerprint density at radius 1 is 0.846 bits per heavy atom. The largest absolute Gasteiger partial charge is 1.00 e. The molecule has 0 fully saturated rings. The summed E-state index contributed by atoms with van der Waals surface area (Å²) in [6.45, 7) is 0. The van der Waals surface area contributed by atoms with Crippen molar-refractivity contribution in [2.45, 2.75) is 9.79 Å². The van der Waals surface area contributed by atoms with Gasteiger partial charge in [-0.2, -0.15) is 4.33 Å². The van der Waals surface area contributed by atoms with Crippen molar-refractivity contribution in [3.63, 3.8) is 0 Å². The van der Waals surface area contributed by atoms with Gasteiger partial charge in [-0.1, -0.05) is 0 Å². The smallest absolute Gasteiger partial charge is 0.744 e. The molecule has 0 amide bonds. The van der Waals surface area contributed by atoms with E-state index < -0.39 is 26.6 Å². The minimum absolute atomic E-state index is 0. The molecule has 0 N–H and O–H groups in total. The summed E-state index contributed by atoms with van der Waals surface area (Å²) in [5, 5.41) is 13.1. The van der Waals surface area contributed by atoms with Crippen LogP contribution in [0.1, 0.15) is 31.8 Å². The first-order valence-corrected chi connectivity index (χ1v) is 8.44. The van der Waals surface area contributed by atoms with Crippen LogP contribution >= 0.6 is 12.0 Å². The van der Waals surface area contributed by atoms with Crippen LogP contribution in [0.4, 0.5) is 0 Å². The third-order valence-corrected chi connectivity index (χ3v) is 4.81. The first-order chi connectivity index (χ1) is 11.3. The van der Waals surface area contributed by atoms with Crippen molar-refractivity contribution in [1.29, 1.82) is 0 Å². The fourth-order valence-corrected chi connectivity index (χ4v) is 3.26. The molecule has 8 nitrogen and oxygen atoms in total. The van der Waals surface area contributed by atoms with E-state index in [1.54, 1.807) is 0 Å². The molecule has 12 heteroatoms. The average molecular weight is 412 g/mol. The van der Waals surface area contributed by atoms with E-state index in [9.17, 15) is 27.8 Å². The normalized spacial score (nSPS) is 12.5. The molecule has 1 aliphatic rings. The SMILES string of the molecule is O=C1c2ccc(S(=O)(=O)[O-])cc2C(=O)c2ccc(SOO[O-])cc21.[Na+].[Na+]. The number of carbonyl (C=O) groups excluding carboxylic acids is 2. The Bertz CT molecular complexity index is 975. The van der Waals surface area contributed by atoms with E-state index in [1.165, 1.54) is 18.2 Å². The zero-order chi connectivity index (χ0) is 17.5. The van der Waals surface area contributed by atoms with E-state index in [0.717, 1.165) is 18.2 Å². The van der Waals surface area contributed by atoms with E-state index >= 15 is 0 Å². The number of benzene rings is 2. The maximum absolute atomic E-state index is 12.5. The first-order valence-electron chi connectivity index (χ1n) is 6.29. The van der Waals surface area contributed by atoms with Crippen LogP contribution in [0.15, 0.2) is 46.2 Å². The van der Waals surface area contributed by atoms with Gasteiger partial charge >= 0.3 is 59.1 Å². The Morgan fingerprint density at radius 3 is 1.92 bits per heavy atom. The Kier molecular flexibility index (Phi) is 8.67. The van der Waals surface area contributed by atoms with Gasteiger partial charge in [-0.3, -0.25) is 14.6 Å². The molecule has 0 atom stereocenters. The summed E-state index contributed by atoms with van der Waals surface area (Å²) in [6.07, 6.45) is 0. The maximum Gasteiger partial charge on any atom is 1.00 e. The molecular formula is C14H6Na2O8S2. The number of carbonyl (C=O) groups is 2. The molecular weight excluding hydrogens is 406 g/mol. The molecule has 3 rings (SSSR count). The van der Waals surface area contributed by atoms with Gasteiger partial charge < -0.3 is 9.81 Å². The second kappa shape index (κ2) is 9.41. The van der Waals surface area contributed by atoms with Gasteiger partial charge in [0, 0.05) is 27.1 Å². The van der Waals surface area contributed by atoms with Gasteiger partial charge in [-0.05, 0) is 36.4 Å². The van der Waals surface area contributed by atoms with E-state index in [0.29, 0.717) is 16.9 Å². The summed E-state index contributed by atoms with van der Waals surface area (Å²) >= 11 is 0.565. The molecule has 124 valence electrons. The summed E-state index contributed by atoms with van der Waals surface area (Å²) < 4.78 is 37.4. The Hall–Kier alpha value is -0.0800. The van der Waals surface area contributed by atoms with E-state index in [2.05, 4.69) is 9.37 Å². The van der Waals surface area contributed by atoms with Crippen molar-refractivity contribution >= 4 is 33.7 Å². The second-order valence-corrected chi connectivity index (χ2v) is 6.90. The molecule has 0 bridgehead atoms. The van der Waals surface area contributed by atoms with Gasteiger partial charge in [0.05, 0.1) is 16.9 Å². The van der Waals surface area contributed by atoms with Crippen LogP contribution in [0.25, 0.3) is 0 Å². The van der Waals surface area contributed by atoms with E-state index in [1.807, 2.05) is 0 Å². The number of hydrogen-bond acceptors (Lipinski definition) is 9. The molecule has 1 aliphatic carbocycles. The van der Waals surface area contributed by atoms with Crippen LogP contribution in [0.2, 0.25) is 0 Å². The Labute approximate surface area is 196 Å². The molecule has 0 aromatic heterocycles. The summed E-state index contributed by atoms with van der Waals surface area (Å²) in [4.78, 5) is 24.8. The molecule has 26 heavy (non-hydrogen) atoms. The second-order valence-electron chi connectivity index (χ2n) is 4.75. The standard InChI is InChI=1S/C14H8O8S2.2Na/c15-13-10-4-2-8(24(18,19)20)6-12(10)14(16)9-3-1-7(5-11(9)13)23-22-21-17;;/h1-6,17H,(H,18,19,20);;/q;2*+1/p-2. The molecule has 0 aliphatic heterocycles. The molecule has 0 saturated carbocycles. The van der Waals surface area contributed by atoms with Crippen LogP contribution in [0.3, 0.4) is 0 Å². The van der Waals surface area contributed by atoms with E-state index in [4.69, 9.17) is 0 Å². The van der Waals surface area contributed by atoms with Gasteiger partial charge in [-0.25, -0.2) is 8.42 Å². The van der Waals surface area contributed by atoms with Gasteiger partial charge in [0.2, 0.25) is 0 Å². The third-order valence-electron chi connectivity index (χ3n) is 3.41. The van der Waals surface area contributed by atoms with E-state index in [-0.39, 0.29) is 81.4 Å². The first kappa shape index (κ1) is 24.0. The van der Waals surface area contributed by atoms with Crippen molar-refractivity contribution in [2.24, 2.45) is 0 Å². The summed E-state index contributed by atoms with van der Waals surface area (Å²) in [5.41, 5.74) is -0.0305. The van der Waals surface area contributed by atoms with Gasteiger partial charge in [0.25, 0.3) is 0 Å². The quantitative estimate of drug-likeness (QED) is 0.135. The zero-order valence-electron chi connectivity index (χ0n) is 13.5. The molecule has 2 aromatic carbocycles. The fraction of sp³-hybridized carbons (Fsp3) is 0. The van der Waals surface area contributed by atoms with Crippen LogP contribution in [-0.4, -0.2) is 24.5 Å². The number of fused-ring (bicyclic) bond motifs is 2. The van der Waals surface area contributed by atoms with Gasteiger partial charge in [0.1, 0.15) is 10.1 Å². The predicted molar refractivity (Wildman–Crippen MR) is 75.7 cm³/mol. The van der Waals surface area contributed by atoms with Gasteiger partial charge in [0.15, 0.2) is 11.6 Å². The van der Waals surface area contributed by atoms with Crippen LogP contribution in [-0.2, 0) is 19.5 Å². The molecule has 0 heterocycles. The topological polar surface area (TPSA) is 133 Å². The zero-order valence-corrected chi connectivity index (χ0v) is 19.2. The van der Waals surface area contributed by atoms with Crippen molar-refractivity contribution in [2.75, 3.05) is 0 Å². The number of hydrogen-bond donors (Lipinski definition) is 0. The number of ketones is 2. The van der Waals surface area contributed by atoms with Crippen LogP contribution in [0, 0.1) is 0 Å². The van der Waals surface area contributed by atoms with Crippen molar-refractivity contribution in [3.05, 3.63) is 58.7 Å². The fourth-order valence-electron chi connectivity index (χ4n) is 2.37. The molecule has 0 saturated heterocycles. The average Bonchev–Trinajstić information content (AvgIpc) is 2.56. The third kappa shape index (κ3) is 4.66. The minimum Gasteiger partial charge on any atom is -0.744 e. The summed E-state index contributed by atoms with van der Waals surface area (Å²) in [5.74, 6) is -1.09. The predicted octanol–water partition coefficient (Wildman–Crippen LogP) is -5.40. The Morgan fingerprint density at radius 2 is 1.38 bits per heavy atom. The number of rotatable bonds is 4.